The van der Waals surface area contributed by atoms with E-state index in [9.17, 15) is 4.79 Å². The zero-order valence-corrected chi connectivity index (χ0v) is 11.7. The maximum Gasteiger partial charge on any atom is 0.254 e. The summed E-state index contributed by atoms with van der Waals surface area (Å²) >= 11 is 0. The Labute approximate surface area is 118 Å². The van der Waals surface area contributed by atoms with Gasteiger partial charge in [-0.2, -0.15) is 5.10 Å². The summed E-state index contributed by atoms with van der Waals surface area (Å²) in [5.41, 5.74) is 1.64. The van der Waals surface area contributed by atoms with Gasteiger partial charge >= 0.3 is 0 Å². The van der Waals surface area contributed by atoms with Gasteiger partial charge in [0.25, 0.3) is 5.91 Å². The quantitative estimate of drug-likeness (QED) is 0.895. The second kappa shape index (κ2) is 5.63. The summed E-state index contributed by atoms with van der Waals surface area (Å²) in [5.74, 6) is 0.109. The van der Waals surface area contributed by atoms with Crippen LogP contribution in [0, 0.1) is 0 Å². The van der Waals surface area contributed by atoms with Gasteiger partial charge in [0.2, 0.25) is 0 Å². The van der Waals surface area contributed by atoms with E-state index in [0.717, 1.165) is 48.9 Å². The summed E-state index contributed by atoms with van der Waals surface area (Å²) < 4.78 is 0. The number of carbonyl (C=O) groups is 1. The van der Waals surface area contributed by atoms with E-state index in [1.807, 2.05) is 30.0 Å². The van der Waals surface area contributed by atoms with Crippen molar-refractivity contribution in [3.63, 3.8) is 0 Å². The van der Waals surface area contributed by atoms with Crippen molar-refractivity contribution in [2.45, 2.75) is 25.8 Å². The number of likely N-dealkylation sites (N-methyl/N-ethyl adjacent to an activating group) is 1. The molecule has 2 N–H and O–H groups in total. The molecule has 0 spiro atoms. The molecule has 1 amide bonds. The number of rotatable bonds is 3. The van der Waals surface area contributed by atoms with Crippen LogP contribution < -0.4 is 5.32 Å². The number of amides is 1. The summed E-state index contributed by atoms with van der Waals surface area (Å²) in [6.45, 7) is 4.74. The zero-order chi connectivity index (χ0) is 13.9. The number of hydrogen-bond acceptors (Lipinski definition) is 3. The lowest BCUT2D eigenvalue weighted by Crippen LogP contribution is -2.48. The van der Waals surface area contributed by atoms with Crippen molar-refractivity contribution in [3.8, 4) is 0 Å². The van der Waals surface area contributed by atoms with Crippen LogP contribution in [0.15, 0.2) is 24.4 Å². The second-order valence-electron chi connectivity index (χ2n) is 5.26. The lowest BCUT2D eigenvalue weighted by atomic mass is 10.0. The van der Waals surface area contributed by atoms with E-state index < -0.39 is 0 Å². The van der Waals surface area contributed by atoms with Gasteiger partial charge in [0.1, 0.15) is 0 Å². The summed E-state index contributed by atoms with van der Waals surface area (Å²) in [4.78, 5) is 14.7. The smallest absolute Gasteiger partial charge is 0.254 e. The Kier molecular flexibility index (Phi) is 3.69. The molecule has 0 saturated carbocycles. The minimum absolute atomic E-state index is 0.109. The molecule has 1 aromatic heterocycles. The fraction of sp³-hybridized carbons (Fsp3) is 0.467. The Morgan fingerprint density at radius 2 is 2.40 bits per heavy atom. The van der Waals surface area contributed by atoms with Gasteiger partial charge in [-0.05, 0) is 38.4 Å². The second-order valence-corrected chi connectivity index (χ2v) is 5.26. The maximum absolute atomic E-state index is 12.7. The highest BCUT2D eigenvalue weighted by atomic mass is 16.2. The Morgan fingerprint density at radius 3 is 3.15 bits per heavy atom. The van der Waals surface area contributed by atoms with E-state index >= 15 is 0 Å². The molecule has 1 aromatic carbocycles. The molecular formula is C15H20N4O. The molecule has 20 heavy (non-hydrogen) atoms. The van der Waals surface area contributed by atoms with Gasteiger partial charge in [0, 0.05) is 30.1 Å². The predicted molar refractivity (Wildman–Crippen MR) is 78.7 cm³/mol. The number of aromatic nitrogens is 2. The van der Waals surface area contributed by atoms with Crippen LogP contribution in [-0.4, -0.2) is 46.7 Å². The standard InChI is InChI=1S/C15H20N4O/c1-2-19(13-4-3-7-16-10-13)15(20)11-5-6-12-9-17-18-14(12)8-11/h5-6,8-9,13,16H,2-4,7,10H2,1H3,(H,17,18). The van der Waals surface area contributed by atoms with E-state index in [2.05, 4.69) is 15.5 Å². The van der Waals surface area contributed by atoms with Crippen molar-refractivity contribution >= 4 is 16.8 Å². The molecule has 106 valence electrons. The van der Waals surface area contributed by atoms with Crippen molar-refractivity contribution in [2.75, 3.05) is 19.6 Å². The third-order valence-electron chi connectivity index (χ3n) is 4.00. The monoisotopic (exact) mass is 272 g/mol. The van der Waals surface area contributed by atoms with Crippen molar-refractivity contribution in [3.05, 3.63) is 30.0 Å². The lowest BCUT2D eigenvalue weighted by Gasteiger charge is -2.34. The van der Waals surface area contributed by atoms with Gasteiger partial charge in [-0.15, -0.1) is 0 Å². The predicted octanol–water partition coefficient (Wildman–Crippen LogP) is 1.78. The number of benzene rings is 1. The molecule has 5 heteroatoms. The first-order chi connectivity index (χ1) is 9.79. The molecule has 3 rings (SSSR count). The van der Waals surface area contributed by atoms with Gasteiger partial charge in [-0.25, -0.2) is 0 Å². The first-order valence-electron chi connectivity index (χ1n) is 7.24. The van der Waals surface area contributed by atoms with Crippen LogP contribution in [0.3, 0.4) is 0 Å². The van der Waals surface area contributed by atoms with Crippen molar-refractivity contribution in [1.29, 1.82) is 0 Å². The Balaban J connectivity index is 1.84. The fourth-order valence-electron chi connectivity index (χ4n) is 2.90. The van der Waals surface area contributed by atoms with Crippen LogP contribution in [0.2, 0.25) is 0 Å². The number of nitrogens with one attached hydrogen (secondary N) is 2. The number of aromatic amines is 1. The summed E-state index contributed by atoms with van der Waals surface area (Å²) in [6, 6.07) is 6.03. The Morgan fingerprint density at radius 1 is 1.50 bits per heavy atom. The van der Waals surface area contributed by atoms with Crippen LogP contribution in [0.4, 0.5) is 0 Å². The van der Waals surface area contributed by atoms with Crippen LogP contribution in [0.1, 0.15) is 30.1 Å². The van der Waals surface area contributed by atoms with E-state index in [1.165, 1.54) is 0 Å². The van der Waals surface area contributed by atoms with E-state index in [1.54, 1.807) is 6.20 Å². The van der Waals surface area contributed by atoms with Gasteiger partial charge < -0.3 is 10.2 Å². The Bertz CT molecular complexity index is 601. The van der Waals surface area contributed by atoms with E-state index in [0.29, 0.717) is 6.04 Å². The molecule has 1 saturated heterocycles. The van der Waals surface area contributed by atoms with E-state index in [4.69, 9.17) is 0 Å². The molecular weight excluding hydrogens is 252 g/mol. The molecule has 0 radical (unpaired) electrons. The van der Waals surface area contributed by atoms with Crippen LogP contribution >= 0.6 is 0 Å². The lowest BCUT2D eigenvalue weighted by molar-refractivity contribution is 0.0662. The molecule has 1 aliphatic heterocycles. The first kappa shape index (κ1) is 13.1. The number of piperidine rings is 1. The van der Waals surface area contributed by atoms with Gasteiger partial charge in [-0.1, -0.05) is 6.07 Å². The molecule has 0 bridgehead atoms. The molecule has 2 heterocycles. The maximum atomic E-state index is 12.7. The minimum Gasteiger partial charge on any atom is -0.335 e. The number of H-pyrrole nitrogens is 1. The molecule has 0 aliphatic carbocycles. The van der Waals surface area contributed by atoms with Crippen molar-refractivity contribution in [1.82, 2.24) is 20.4 Å². The number of carbonyl (C=O) groups excluding carboxylic acids is 1. The third kappa shape index (κ3) is 2.41. The normalized spacial score (nSPS) is 19.1. The summed E-state index contributed by atoms with van der Waals surface area (Å²) in [7, 11) is 0. The minimum atomic E-state index is 0.109. The summed E-state index contributed by atoms with van der Waals surface area (Å²) in [5, 5.41) is 11.3. The number of fused-ring (bicyclic) bond motifs is 1. The third-order valence-corrected chi connectivity index (χ3v) is 4.00. The van der Waals surface area contributed by atoms with Crippen LogP contribution in [0.5, 0.6) is 0 Å². The highest BCUT2D eigenvalue weighted by molar-refractivity contribution is 5.97. The highest BCUT2D eigenvalue weighted by Gasteiger charge is 2.24. The van der Waals surface area contributed by atoms with Crippen molar-refractivity contribution in [2.24, 2.45) is 0 Å². The molecule has 1 atom stereocenters. The number of hydrogen-bond donors (Lipinski definition) is 2. The average molecular weight is 272 g/mol. The fourth-order valence-corrected chi connectivity index (χ4v) is 2.90. The van der Waals surface area contributed by atoms with Gasteiger partial charge in [0.15, 0.2) is 0 Å². The summed E-state index contributed by atoms with van der Waals surface area (Å²) in [6.07, 6.45) is 3.99. The molecule has 1 fully saturated rings. The SMILES string of the molecule is CCN(C(=O)c1ccc2cn[nH]c2c1)C1CCCNC1. The van der Waals surface area contributed by atoms with Crippen LogP contribution in [0.25, 0.3) is 10.9 Å². The molecule has 5 nitrogen and oxygen atoms in total. The highest BCUT2D eigenvalue weighted by Crippen LogP contribution is 2.17. The Hall–Kier alpha value is -1.88. The topological polar surface area (TPSA) is 61.0 Å². The molecule has 1 unspecified atom stereocenters. The average Bonchev–Trinajstić information content (AvgIpc) is 2.96. The zero-order valence-electron chi connectivity index (χ0n) is 11.7. The van der Waals surface area contributed by atoms with Crippen LogP contribution in [-0.2, 0) is 0 Å². The van der Waals surface area contributed by atoms with E-state index in [-0.39, 0.29) is 5.91 Å². The van der Waals surface area contributed by atoms with Gasteiger partial charge in [-0.3, -0.25) is 9.89 Å². The van der Waals surface area contributed by atoms with Gasteiger partial charge in [0.05, 0.1) is 11.7 Å². The first-order valence-corrected chi connectivity index (χ1v) is 7.24. The number of nitrogens with zero attached hydrogens (tertiary/aromatic N) is 2. The molecule has 1 aliphatic rings. The largest absolute Gasteiger partial charge is 0.335 e. The van der Waals surface area contributed by atoms with Crippen molar-refractivity contribution < 1.29 is 4.79 Å². The molecule has 2 aromatic rings.